The first-order chi connectivity index (χ1) is 16.0. The molecule has 0 bridgehead atoms. The van der Waals surface area contributed by atoms with Gasteiger partial charge in [0.05, 0.1) is 6.61 Å². The van der Waals surface area contributed by atoms with Crippen LogP contribution in [0.2, 0.25) is 0 Å². The molecule has 33 heavy (non-hydrogen) atoms. The van der Waals surface area contributed by atoms with Crippen LogP contribution in [0.1, 0.15) is 37.0 Å². The van der Waals surface area contributed by atoms with E-state index in [2.05, 4.69) is 0 Å². The second-order valence-electron chi connectivity index (χ2n) is 8.24. The van der Waals surface area contributed by atoms with Gasteiger partial charge in [0.2, 0.25) is 5.91 Å². The van der Waals surface area contributed by atoms with Crippen LogP contribution in [0.3, 0.4) is 0 Å². The lowest BCUT2D eigenvalue weighted by Gasteiger charge is -2.34. The summed E-state index contributed by atoms with van der Waals surface area (Å²) in [5, 5.41) is 0.699. The average Bonchev–Trinajstić information content (AvgIpc) is 3.20. The maximum absolute atomic E-state index is 13.5. The Bertz CT molecular complexity index is 1040. The first kappa shape index (κ1) is 23.3. The Morgan fingerprint density at radius 3 is 2.52 bits per heavy atom. The zero-order valence-electron chi connectivity index (χ0n) is 18.9. The van der Waals surface area contributed by atoms with Crippen molar-refractivity contribution in [1.82, 2.24) is 9.80 Å². The number of hydrogen-bond donors (Lipinski definition) is 0. The fraction of sp³-hybridized carbons (Fsp3) is 0.400. The number of carbonyl (C=O) groups is 2. The van der Waals surface area contributed by atoms with Gasteiger partial charge in [0.25, 0.3) is 5.91 Å². The summed E-state index contributed by atoms with van der Waals surface area (Å²) in [6, 6.07) is 13.2. The zero-order valence-corrected chi connectivity index (χ0v) is 19.7. The lowest BCUT2D eigenvalue weighted by molar-refractivity contribution is -0.133. The fourth-order valence-corrected chi connectivity index (χ4v) is 5.27. The van der Waals surface area contributed by atoms with E-state index in [1.165, 1.54) is 24.3 Å². The smallest absolute Gasteiger partial charge is 0.253 e. The van der Waals surface area contributed by atoms with Crippen LogP contribution in [0.4, 0.5) is 10.1 Å². The number of likely N-dealkylation sites (tertiary alicyclic amines) is 1. The van der Waals surface area contributed by atoms with Crippen LogP contribution in [0.5, 0.6) is 5.75 Å². The predicted octanol–water partition coefficient (Wildman–Crippen LogP) is 4.73. The Morgan fingerprint density at radius 1 is 1.12 bits per heavy atom. The monoisotopic (exact) mass is 469 g/mol. The molecule has 1 unspecified atom stereocenters. The molecule has 2 fully saturated rings. The van der Waals surface area contributed by atoms with Crippen LogP contribution >= 0.6 is 11.8 Å². The molecule has 174 valence electrons. The van der Waals surface area contributed by atoms with E-state index in [-0.39, 0.29) is 29.6 Å². The minimum atomic E-state index is -0.366. The van der Waals surface area contributed by atoms with Crippen LogP contribution in [0, 0.1) is 11.7 Å². The van der Waals surface area contributed by atoms with Crippen LogP contribution in [-0.4, -0.2) is 58.3 Å². The van der Waals surface area contributed by atoms with Crippen molar-refractivity contribution in [3.05, 3.63) is 59.9 Å². The normalized spacial score (nSPS) is 20.3. The molecule has 2 amide bonds. The SMILES string of the molecule is CCOc1ccccc1N=C1SCC(C)N1C(=O)C1CCN(C(=O)c2ccc(F)cc2)CC1. The number of piperidine rings is 1. The van der Waals surface area contributed by atoms with Gasteiger partial charge in [-0.25, -0.2) is 9.38 Å². The summed E-state index contributed by atoms with van der Waals surface area (Å²) in [5.74, 6) is 0.913. The van der Waals surface area contributed by atoms with E-state index in [1.54, 1.807) is 16.7 Å². The molecular weight excluding hydrogens is 441 g/mol. The molecule has 2 aliphatic heterocycles. The summed E-state index contributed by atoms with van der Waals surface area (Å²) < 4.78 is 18.8. The second kappa shape index (κ2) is 10.4. The number of rotatable bonds is 5. The summed E-state index contributed by atoms with van der Waals surface area (Å²) in [5.41, 5.74) is 1.18. The lowest BCUT2D eigenvalue weighted by Crippen LogP contribution is -2.46. The molecule has 0 aliphatic carbocycles. The van der Waals surface area contributed by atoms with Gasteiger partial charge in [0, 0.05) is 36.4 Å². The molecular formula is C25H28FN3O3S. The van der Waals surface area contributed by atoms with Crippen molar-refractivity contribution in [3.63, 3.8) is 0 Å². The van der Waals surface area contributed by atoms with Crippen LogP contribution < -0.4 is 4.74 Å². The maximum atomic E-state index is 13.5. The number of amides is 2. The molecule has 1 atom stereocenters. The van der Waals surface area contributed by atoms with E-state index >= 15 is 0 Å². The van der Waals surface area contributed by atoms with Crippen molar-refractivity contribution < 1.29 is 18.7 Å². The first-order valence-corrected chi connectivity index (χ1v) is 12.3. The Balaban J connectivity index is 1.44. The van der Waals surface area contributed by atoms with E-state index in [0.29, 0.717) is 54.7 Å². The minimum Gasteiger partial charge on any atom is -0.492 e. The van der Waals surface area contributed by atoms with Crippen molar-refractivity contribution in [1.29, 1.82) is 0 Å². The number of aliphatic imine (C=N–C) groups is 1. The van der Waals surface area contributed by atoms with Gasteiger partial charge in [-0.05, 0) is 63.1 Å². The van der Waals surface area contributed by atoms with Gasteiger partial charge in [0.15, 0.2) is 5.17 Å². The molecule has 2 aromatic carbocycles. The third kappa shape index (κ3) is 5.21. The maximum Gasteiger partial charge on any atom is 0.253 e. The highest BCUT2D eigenvalue weighted by atomic mass is 32.2. The van der Waals surface area contributed by atoms with Gasteiger partial charge in [-0.2, -0.15) is 0 Å². The number of benzene rings is 2. The van der Waals surface area contributed by atoms with E-state index < -0.39 is 0 Å². The highest BCUT2D eigenvalue weighted by molar-refractivity contribution is 8.14. The van der Waals surface area contributed by atoms with Gasteiger partial charge < -0.3 is 9.64 Å². The number of ether oxygens (including phenoxy) is 1. The Morgan fingerprint density at radius 2 is 1.82 bits per heavy atom. The molecule has 8 heteroatoms. The standard InChI is InChI=1S/C25H28FN3O3S/c1-3-32-22-7-5-4-6-21(22)27-25-29(17(2)16-33-25)24(31)19-12-14-28(15-13-19)23(30)18-8-10-20(26)11-9-18/h4-11,17,19H,3,12-16H2,1-2H3. The van der Waals surface area contributed by atoms with Gasteiger partial charge in [-0.15, -0.1) is 0 Å². The second-order valence-corrected chi connectivity index (χ2v) is 9.22. The summed E-state index contributed by atoms with van der Waals surface area (Å²) in [6.07, 6.45) is 1.20. The van der Waals surface area contributed by atoms with Gasteiger partial charge >= 0.3 is 0 Å². The minimum absolute atomic E-state index is 0.0550. The molecule has 0 aromatic heterocycles. The summed E-state index contributed by atoms with van der Waals surface area (Å²) in [7, 11) is 0. The predicted molar refractivity (Wildman–Crippen MR) is 128 cm³/mol. The summed E-state index contributed by atoms with van der Waals surface area (Å²) in [4.78, 5) is 34.5. The number of amidine groups is 1. The van der Waals surface area contributed by atoms with Crippen molar-refractivity contribution in [2.45, 2.75) is 32.7 Å². The van der Waals surface area contributed by atoms with Gasteiger partial charge in [-0.3, -0.25) is 14.5 Å². The van der Waals surface area contributed by atoms with Gasteiger partial charge in [-0.1, -0.05) is 23.9 Å². The Kier molecular flexibility index (Phi) is 7.33. The number of hydrogen-bond acceptors (Lipinski definition) is 5. The molecule has 0 radical (unpaired) electrons. The van der Waals surface area contributed by atoms with Crippen LogP contribution in [-0.2, 0) is 4.79 Å². The quantitative estimate of drug-likeness (QED) is 0.635. The van der Waals surface area contributed by atoms with Crippen molar-refractivity contribution in [2.75, 3.05) is 25.4 Å². The molecule has 2 heterocycles. The van der Waals surface area contributed by atoms with Crippen LogP contribution in [0.15, 0.2) is 53.5 Å². The molecule has 0 spiro atoms. The molecule has 2 aromatic rings. The number of carbonyl (C=O) groups excluding carboxylic acids is 2. The molecule has 0 N–H and O–H groups in total. The molecule has 6 nitrogen and oxygen atoms in total. The number of thioether (sulfide) groups is 1. The highest BCUT2D eigenvalue weighted by Crippen LogP contribution is 2.34. The first-order valence-electron chi connectivity index (χ1n) is 11.3. The Hall–Kier alpha value is -2.87. The molecule has 2 saturated heterocycles. The summed E-state index contributed by atoms with van der Waals surface area (Å²) >= 11 is 1.58. The Labute approximate surface area is 197 Å². The molecule has 0 saturated carbocycles. The third-order valence-corrected chi connectivity index (χ3v) is 7.14. The fourth-order valence-electron chi connectivity index (χ4n) is 4.16. The molecule has 2 aliphatic rings. The van der Waals surface area contributed by atoms with Crippen molar-refractivity contribution in [2.24, 2.45) is 10.9 Å². The van der Waals surface area contributed by atoms with E-state index in [9.17, 15) is 14.0 Å². The highest BCUT2D eigenvalue weighted by Gasteiger charge is 2.38. The zero-order chi connectivity index (χ0) is 23.4. The topological polar surface area (TPSA) is 62.2 Å². The number of para-hydroxylation sites is 2. The van der Waals surface area contributed by atoms with Crippen molar-refractivity contribution >= 4 is 34.4 Å². The summed E-state index contributed by atoms with van der Waals surface area (Å²) in [6.45, 7) is 5.51. The van der Waals surface area contributed by atoms with E-state index in [1.807, 2.05) is 43.0 Å². The molecule has 4 rings (SSSR count). The largest absolute Gasteiger partial charge is 0.492 e. The van der Waals surface area contributed by atoms with Gasteiger partial charge in [0.1, 0.15) is 17.3 Å². The van der Waals surface area contributed by atoms with E-state index in [0.717, 1.165) is 5.75 Å². The average molecular weight is 470 g/mol. The van der Waals surface area contributed by atoms with Crippen molar-refractivity contribution in [3.8, 4) is 5.75 Å². The third-order valence-electron chi connectivity index (χ3n) is 5.94. The number of nitrogens with zero attached hydrogens (tertiary/aromatic N) is 3. The lowest BCUT2D eigenvalue weighted by atomic mass is 9.94. The van der Waals surface area contributed by atoms with E-state index in [4.69, 9.17) is 9.73 Å². The van der Waals surface area contributed by atoms with Crippen LogP contribution in [0.25, 0.3) is 0 Å². The number of halogens is 1.